The van der Waals surface area contributed by atoms with Crippen molar-refractivity contribution in [3.05, 3.63) is 194 Å². The Morgan fingerprint density at radius 3 is 1.69 bits per heavy atom. The summed E-state index contributed by atoms with van der Waals surface area (Å²) in [4.78, 5) is 7.11. The van der Waals surface area contributed by atoms with E-state index in [0.717, 1.165) is 55.6 Å². The zero-order valence-corrected chi connectivity index (χ0v) is 28.3. The lowest BCUT2D eigenvalue weighted by atomic mass is 9.93. The number of para-hydroxylation sites is 1. The van der Waals surface area contributed by atoms with Crippen LogP contribution in [-0.4, -0.2) is 4.98 Å². The van der Waals surface area contributed by atoms with E-state index < -0.39 is 0 Å². The molecule has 0 bridgehead atoms. The highest BCUT2D eigenvalue weighted by molar-refractivity contribution is 6.13. The average Bonchev–Trinajstić information content (AvgIpc) is 3.67. The van der Waals surface area contributed by atoms with Crippen molar-refractivity contribution in [2.75, 3.05) is 4.90 Å². The maximum atomic E-state index is 6.37. The monoisotopic (exact) mass is 664 g/mol. The highest BCUT2D eigenvalue weighted by Crippen LogP contribution is 2.40. The number of hydrogen-bond acceptors (Lipinski definition) is 3. The van der Waals surface area contributed by atoms with Gasteiger partial charge in [-0.15, -0.1) is 0 Å². The van der Waals surface area contributed by atoms with E-state index in [9.17, 15) is 0 Å². The van der Waals surface area contributed by atoms with E-state index in [0.29, 0.717) is 5.89 Å². The van der Waals surface area contributed by atoms with E-state index in [1.54, 1.807) is 0 Å². The molecule has 0 amide bonds. The minimum atomic E-state index is 0.637. The molecule has 244 valence electrons. The van der Waals surface area contributed by atoms with Crippen LogP contribution < -0.4 is 4.90 Å². The van der Waals surface area contributed by atoms with Crippen LogP contribution in [0.4, 0.5) is 17.1 Å². The maximum Gasteiger partial charge on any atom is 0.227 e. The standard InChI is InChI=1S/C49H32N2O/c1-3-11-36(12-4-1)49-50-47-30-25-35-19-20-37(31-46(35)48(47)52-49)33-21-26-40(27-22-33)51(39-14-5-2-6-15-39)41-28-23-34(24-29-41)45-32-38-13-7-8-16-42(38)43-17-9-10-18-44(43)45/h1-32H. The van der Waals surface area contributed by atoms with Crippen molar-refractivity contribution in [1.29, 1.82) is 0 Å². The highest BCUT2D eigenvalue weighted by Gasteiger charge is 2.16. The molecule has 0 N–H and O–H groups in total. The number of oxazole rings is 1. The predicted molar refractivity (Wildman–Crippen MR) is 218 cm³/mol. The molecule has 0 aliphatic heterocycles. The van der Waals surface area contributed by atoms with Crippen LogP contribution in [0, 0.1) is 0 Å². The van der Waals surface area contributed by atoms with E-state index in [1.165, 1.54) is 32.7 Å². The van der Waals surface area contributed by atoms with E-state index in [1.807, 2.05) is 36.4 Å². The summed E-state index contributed by atoms with van der Waals surface area (Å²) in [5, 5.41) is 7.25. The molecule has 10 rings (SSSR count). The van der Waals surface area contributed by atoms with E-state index in [2.05, 4.69) is 163 Å². The molecule has 3 nitrogen and oxygen atoms in total. The van der Waals surface area contributed by atoms with Gasteiger partial charge in [-0.05, 0) is 116 Å². The van der Waals surface area contributed by atoms with Gasteiger partial charge in [0.1, 0.15) is 5.52 Å². The number of rotatable bonds is 6. The molecule has 0 radical (unpaired) electrons. The highest BCUT2D eigenvalue weighted by atomic mass is 16.3. The van der Waals surface area contributed by atoms with Gasteiger partial charge in [0.2, 0.25) is 5.89 Å². The number of benzene rings is 9. The van der Waals surface area contributed by atoms with E-state index in [-0.39, 0.29) is 0 Å². The topological polar surface area (TPSA) is 29.3 Å². The molecule has 0 aliphatic carbocycles. The third kappa shape index (κ3) is 5.19. The first kappa shape index (κ1) is 29.9. The molecule has 52 heavy (non-hydrogen) atoms. The molecule has 0 saturated carbocycles. The molecular weight excluding hydrogens is 633 g/mol. The number of nitrogens with zero attached hydrogens (tertiary/aromatic N) is 2. The molecule has 10 aromatic rings. The van der Waals surface area contributed by atoms with Crippen molar-refractivity contribution >= 4 is 60.5 Å². The summed E-state index contributed by atoms with van der Waals surface area (Å²) in [6, 6.07) is 68.8. The van der Waals surface area contributed by atoms with Gasteiger partial charge in [0.25, 0.3) is 0 Å². The van der Waals surface area contributed by atoms with E-state index >= 15 is 0 Å². The molecule has 1 aromatic heterocycles. The van der Waals surface area contributed by atoms with Gasteiger partial charge < -0.3 is 9.32 Å². The second-order valence-electron chi connectivity index (χ2n) is 13.2. The molecule has 0 atom stereocenters. The Hall–Kier alpha value is -6.97. The first-order valence-electron chi connectivity index (χ1n) is 17.6. The van der Waals surface area contributed by atoms with Crippen LogP contribution in [-0.2, 0) is 0 Å². The third-order valence-corrected chi connectivity index (χ3v) is 10.1. The van der Waals surface area contributed by atoms with E-state index in [4.69, 9.17) is 9.40 Å². The summed E-state index contributed by atoms with van der Waals surface area (Å²) < 4.78 is 6.37. The van der Waals surface area contributed by atoms with Gasteiger partial charge in [-0.2, -0.15) is 0 Å². The molecule has 0 fully saturated rings. The zero-order valence-electron chi connectivity index (χ0n) is 28.3. The smallest absolute Gasteiger partial charge is 0.227 e. The molecular formula is C49H32N2O. The van der Waals surface area contributed by atoms with Crippen LogP contribution in [0.1, 0.15) is 0 Å². The number of aromatic nitrogens is 1. The van der Waals surface area contributed by atoms with Crippen LogP contribution in [0.5, 0.6) is 0 Å². The third-order valence-electron chi connectivity index (χ3n) is 10.1. The minimum absolute atomic E-state index is 0.637. The number of fused-ring (bicyclic) bond motifs is 6. The first-order valence-corrected chi connectivity index (χ1v) is 17.6. The Morgan fingerprint density at radius 2 is 0.942 bits per heavy atom. The lowest BCUT2D eigenvalue weighted by molar-refractivity contribution is 0.623. The molecule has 0 spiro atoms. The van der Waals surface area contributed by atoms with Crippen LogP contribution >= 0.6 is 0 Å². The summed E-state index contributed by atoms with van der Waals surface area (Å²) in [5.74, 6) is 0.637. The Balaban J connectivity index is 1.01. The fourth-order valence-corrected chi connectivity index (χ4v) is 7.50. The van der Waals surface area contributed by atoms with Crippen molar-refractivity contribution in [2.45, 2.75) is 0 Å². The molecule has 0 saturated heterocycles. The molecule has 0 unspecified atom stereocenters. The normalized spacial score (nSPS) is 11.5. The Kier molecular flexibility index (Phi) is 7.14. The van der Waals surface area contributed by atoms with Crippen molar-refractivity contribution in [1.82, 2.24) is 4.98 Å². The fourth-order valence-electron chi connectivity index (χ4n) is 7.50. The van der Waals surface area contributed by atoms with Crippen molar-refractivity contribution in [3.8, 4) is 33.7 Å². The minimum Gasteiger partial charge on any atom is -0.435 e. The van der Waals surface area contributed by atoms with Crippen LogP contribution in [0.15, 0.2) is 199 Å². The Bertz CT molecular complexity index is 2880. The first-order chi connectivity index (χ1) is 25.8. The lowest BCUT2D eigenvalue weighted by Gasteiger charge is -2.26. The average molecular weight is 665 g/mol. The van der Waals surface area contributed by atoms with Crippen molar-refractivity contribution in [2.24, 2.45) is 0 Å². The largest absolute Gasteiger partial charge is 0.435 e. The predicted octanol–water partition coefficient (Wildman–Crippen LogP) is 13.8. The number of hydrogen-bond donors (Lipinski definition) is 0. The van der Waals surface area contributed by atoms with Gasteiger partial charge >= 0.3 is 0 Å². The fraction of sp³-hybridized carbons (Fsp3) is 0. The Morgan fingerprint density at radius 1 is 0.365 bits per heavy atom. The van der Waals surface area contributed by atoms with Gasteiger partial charge in [0, 0.05) is 28.0 Å². The summed E-state index contributed by atoms with van der Waals surface area (Å²) >= 11 is 0. The number of anilines is 3. The maximum absolute atomic E-state index is 6.37. The van der Waals surface area contributed by atoms with Crippen LogP contribution in [0.3, 0.4) is 0 Å². The van der Waals surface area contributed by atoms with Gasteiger partial charge in [-0.25, -0.2) is 4.98 Å². The summed E-state index contributed by atoms with van der Waals surface area (Å²) in [6.07, 6.45) is 0. The molecule has 0 aliphatic rings. The Labute approximate surface area is 301 Å². The summed E-state index contributed by atoms with van der Waals surface area (Å²) in [5.41, 5.74) is 10.6. The van der Waals surface area contributed by atoms with Gasteiger partial charge in [-0.1, -0.05) is 127 Å². The van der Waals surface area contributed by atoms with Gasteiger partial charge in [0.15, 0.2) is 5.58 Å². The summed E-state index contributed by atoms with van der Waals surface area (Å²) in [6.45, 7) is 0. The summed E-state index contributed by atoms with van der Waals surface area (Å²) in [7, 11) is 0. The van der Waals surface area contributed by atoms with Gasteiger partial charge in [-0.3, -0.25) is 0 Å². The van der Waals surface area contributed by atoms with Crippen LogP contribution in [0.2, 0.25) is 0 Å². The second kappa shape index (κ2) is 12.4. The van der Waals surface area contributed by atoms with Crippen molar-refractivity contribution in [3.63, 3.8) is 0 Å². The lowest BCUT2D eigenvalue weighted by Crippen LogP contribution is -2.09. The molecule has 9 aromatic carbocycles. The zero-order chi connectivity index (χ0) is 34.4. The molecule has 3 heteroatoms. The van der Waals surface area contributed by atoms with Crippen LogP contribution in [0.25, 0.3) is 77.1 Å². The molecule has 1 heterocycles. The second-order valence-corrected chi connectivity index (χ2v) is 13.2. The quantitative estimate of drug-likeness (QED) is 0.166. The van der Waals surface area contributed by atoms with Crippen molar-refractivity contribution < 1.29 is 4.42 Å². The SMILES string of the molecule is c1ccc(-c2nc3ccc4ccc(-c5ccc(N(c6ccccc6)c6ccc(-c7cc8ccccc8c8ccccc78)cc6)cc5)cc4c3o2)cc1. The van der Waals surface area contributed by atoms with Gasteiger partial charge in [0.05, 0.1) is 0 Å².